The van der Waals surface area contributed by atoms with Gasteiger partial charge in [-0.25, -0.2) is 4.79 Å². The maximum atomic E-state index is 12.3. The van der Waals surface area contributed by atoms with Crippen molar-refractivity contribution in [3.8, 4) is 0 Å². The van der Waals surface area contributed by atoms with E-state index in [0.29, 0.717) is 12.6 Å². The van der Waals surface area contributed by atoms with E-state index < -0.39 is 5.97 Å². The molecule has 1 unspecified atom stereocenters. The molecule has 110 valence electrons. The highest BCUT2D eigenvalue weighted by Crippen LogP contribution is 2.12. The fraction of sp³-hybridized carbons (Fsp3) is 0.571. The van der Waals surface area contributed by atoms with Gasteiger partial charge < -0.3 is 14.6 Å². The molecule has 6 heteroatoms. The van der Waals surface area contributed by atoms with Crippen molar-refractivity contribution < 1.29 is 14.7 Å². The van der Waals surface area contributed by atoms with E-state index in [2.05, 4.69) is 18.9 Å². The van der Waals surface area contributed by atoms with Gasteiger partial charge in [-0.05, 0) is 25.6 Å². The van der Waals surface area contributed by atoms with E-state index in [1.165, 1.54) is 10.6 Å². The summed E-state index contributed by atoms with van der Waals surface area (Å²) in [5, 5.41) is 9.04. The molecule has 0 radical (unpaired) electrons. The predicted molar refractivity (Wildman–Crippen MR) is 74.7 cm³/mol. The molecule has 2 rings (SSSR count). The van der Waals surface area contributed by atoms with E-state index in [-0.39, 0.29) is 18.1 Å². The molecule has 1 amide bonds. The Kier molecular flexibility index (Phi) is 4.44. The van der Waals surface area contributed by atoms with Crippen molar-refractivity contribution in [2.24, 2.45) is 0 Å². The lowest BCUT2D eigenvalue weighted by Crippen LogP contribution is -2.53. The maximum Gasteiger partial charge on any atom is 0.352 e. The van der Waals surface area contributed by atoms with Crippen molar-refractivity contribution in [2.45, 2.75) is 25.9 Å². The van der Waals surface area contributed by atoms with E-state index in [1.807, 2.05) is 4.90 Å². The van der Waals surface area contributed by atoms with Crippen molar-refractivity contribution >= 4 is 11.9 Å². The molecule has 1 aromatic heterocycles. The third kappa shape index (κ3) is 3.01. The number of carboxylic acid groups (broad SMARTS) is 1. The van der Waals surface area contributed by atoms with Gasteiger partial charge in [0.15, 0.2) is 0 Å². The molecule has 0 bridgehead atoms. The molecular formula is C14H21N3O3. The number of piperazine rings is 1. The minimum absolute atomic E-state index is 0.0183. The van der Waals surface area contributed by atoms with E-state index in [9.17, 15) is 9.59 Å². The topological polar surface area (TPSA) is 65.8 Å². The fourth-order valence-corrected chi connectivity index (χ4v) is 2.61. The lowest BCUT2D eigenvalue weighted by Gasteiger charge is -2.39. The average Bonchev–Trinajstić information content (AvgIpc) is 2.87. The minimum atomic E-state index is -1.01. The highest BCUT2D eigenvalue weighted by Gasteiger charge is 2.26. The first-order valence-electron chi connectivity index (χ1n) is 6.89. The van der Waals surface area contributed by atoms with Crippen LogP contribution in [0.15, 0.2) is 18.3 Å². The molecule has 1 aliphatic rings. The molecule has 0 aliphatic carbocycles. The minimum Gasteiger partial charge on any atom is -0.477 e. The number of hydrogen-bond acceptors (Lipinski definition) is 3. The number of amides is 1. The summed E-state index contributed by atoms with van der Waals surface area (Å²) in [7, 11) is 2.07. The normalized spacial score (nSPS) is 20.1. The molecule has 20 heavy (non-hydrogen) atoms. The SMILES string of the molecule is CCC1CN(C(=O)Cn2cccc2C(=O)O)CCN1C. The van der Waals surface area contributed by atoms with Crippen LogP contribution in [0, 0.1) is 0 Å². The Labute approximate surface area is 118 Å². The maximum absolute atomic E-state index is 12.3. The summed E-state index contributed by atoms with van der Waals surface area (Å²) in [6.45, 7) is 4.49. The van der Waals surface area contributed by atoms with E-state index in [1.54, 1.807) is 12.3 Å². The summed E-state index contributed by atoms with van der Waals surface area (Å²) < 4.78 is 1.49. The smallest absolute Gasteiger partial charge is 0.352 e. The number of aromatic carboxylic acids is 1. The summed E-state index contributed by atoms with van der Waals surface area (Å²) in [5.74, 6) is -1.03. The summed E-state index contributed by atoms with van der Waals surface area (Å²) >= 11 is 0. The molecule has 1 atom stereocenters. The van der Waals surface area contributed by atoms with Crippen LogP contribution in [0.4, 0.5) is 0 Å². The van der Waals surface area contributed by atoms with Crippen molar-refractivity contribution in [1.29, 1.82) is 0 Å². The molecule has 1 aromatic rings. The second-order valence-corrected chi connectivity index (χ2v) is 5.21. The number of carbonyl (C=O) groups excluding carboxylic acids is 1. The van der Waals surface area contributed by atoms with Crippen molar-refractivity contribution in [3.05, 3.63) is 24.0 Å². The van der Waals surface area contributed by atoms with Crippen molar-refractivity contribution in [2.75, 3.05) is 26.7 Å². The lowest BCUT2D eigenvalue weighted by molar-refractivity contribution is -0.134. The third-order valence-electron chi connectivity index (χ3n) is 3.96. The molecule has 0 saturated carbocycles. The van der Waals surface area contributed by atoms with Gasteiger partial charge in [0.2, 0.25) is 5.91 Å². The highest BCUT2D eigenvalue weighted by molar-refractivity contribution is 5.86. The van der Waals surface area contributed by atoms with Gasteiger partial charge in [-0.15, -0.1) is 0 Å². The Morgan fingerprint density at radius 3 is 2.80 bits per heavy atom. The predicted octanol–water partition coefficient (Wildman–Crippen LogP) is 0.739. The summed E-state index contributed by atoms with van der Waals surface area (Å²) in [6.07, 6.45) is 2.64. The van der Waals surface area contributed by atoms with Crippen LogP contribution in [-0.2, 0) is 11.3 Å². The second kappa shape index (κ2) is 6.09. The molecule has 1 saturated heterocycles. The standard InChI is InChI=1S/C14H21N3O3/c1-3-11-9-17(8-7-15(11)2)13(18)10-16-6-4-5-12(16)14(19)20/h4-6,11H,3,7-10H2,1-2H3,(H,19,20). The molecule has 2 heterocycles. The van der Waals surface area contributed by atoms with E-state index in [4.69, 9.17) is 5.11 Å². The molecule has 0 aromatic carbocycles. The molecule has 1 aliphatic heterocycles. The van der Waals surface area contributed by atoms with Gasteiger partial charge in [-0.2, -0.15) is 0 Å². The second-order valence-electron chi connectivity index (χ2n) is 5.21. The molecule has 1 N–H and O–H groups in total. The van der Waals surface area contributed by atoms with Gasteiger partial charge in [-0.3, -0.25) is 9.69 Å². The molecule has 6 nitrogen and oxygen atoms in total. The fourth-order valence-electron chi connectivity index (χ4n) is 2.61. The van der Waals surface area contributed by atoms with Gasteiger partial charge >= 0.3 is 5.97 Å². The van der Waals surface area contributed by atoms with Crippen LogP contribution < -0.4 is 0 Å². The first-order chi connectivity index (χ1) is 9.52. The molecule has 1 fully saturated rings. The number of rotatable bonds is 4. The Morgan fingerprint density at radius 1 is 1.40 bits per heavy atom. The van der Waals surface area contributed by atoms with Gasteiger partial charge in [-0.1, -0.05) is 6.92 Å². The van der Waals surface area contributed by atoms with Crippen LogP contribution in [0.3, 0.4) is 0 Å². The zero-order valence-corrected chi connectivity index (χ0v) is 12.0. The average molecular weight is 279 g/mol. The van der Waals surface area contributed by atoms with Crippen LogP contribution in [0.25, 0.3) is 0 Å². The molecular weight excluding hydrogens is 258 g/mol. The summed E-state index contributed by atoms with van der Waals surface area (Å²) in [6, 6.07) is 3.54. The Balaban J connectivity index is 2.01. The number of likely N-dealkylation sites (N-methyl/N-ethyl adjacent to an activating group) is 1. The van der Waals surface area contributed by atoms with Crippen LogP contribution >= 0.6 is 0 Å². The number of nitrogens with zero attached hydrogens (tertiary/aromatic N) is 3. The zero-order chi connectivity index (χ0) is 14.7. The van der Waals surface area contributed by atoms with Gasteiger partial charge in [0, 0.05) is 31.9 Å². The first kappa shape index (κ1) is 14.6. The lowest BCUT2D eigenvalue weighted by atomic mass is 10.1. The van der Waals surface area contributed by atoms with E-state index in [0.717, 1.165) is 19.5 Å². The quantitative estimate of drug-likeness (QED) is 0.883. The number of aromatic nitrogens is 1. The zero-order valence-electron chi connectivity index (χ0n) is 12.0. The largest absolute Gasteiger partial charge is 0.477 e. The third-order valence-corrected chi connectivity index (χ3v) is 3.96. The number of carbonyl (C=O) groups is 2. The first-order valence-corrected chi connectivity index (χ1v) is 6.89. The Morgan fingerprint density at radius 2 is 2.15 bits per heavy atom. The molecule has 0 spiro atoms. The van der Waals surface area contributed by atoms with Crippen LogP contribution in [0.5, 0.6) is 0 Å². The Bertz CT molecular complexity index is 498. The Hall–Kier alpha value is -1.82. The van der Waals surface area contributed by atoms with Crippen LogP contribution in [0.1, 0.15) is 23.8 Å². The monoisotopic (exact) mass is 279 g/mol. The van der Waals surface area contributed by atoms with Gasteiger partial charge in [0.25, 0.3) is 0 Å². The number of hydrogen-bond donors (Lipinski definition) is 1. The summed E-state index contributed by atoms with van der Waals surface area (Å²) in [5.41, 5.74) is 0.152. The van der Waals surface area contributed by atoms with Crippen molar-refractivity contribution in [1.82, 2.24) is 14.4 Å². The van der Waals surface area contributed by atoms with E-state index >= 15 is 0 Å². The number of carboxylic acids is 1. The van der Waals surface area contributed by atoms with Crippen LogP contribution in [-0.4, -0.2) is 64.1 Å². The summed E-state index contributed by atoms with van der Waals surface area (Å²) in [4.78, 5) is 27.4. The van der Waals surface area contributed by atoms with Crippen molar-refractivity contribution in [3.63, 3.8) is 0 Å². The highest BCUT2D eigenvalue weighted by atomic mass is 16.4. The van der Waals surface area contributed by atoms with Crippen LogP contribution in [0.2, 0.25) is 0 Å². The van der Waals surface area contributed by atoms with Gasteiger partial charge in [0.1, 0.15) is 12.2 Å². The van der Waals surface area contributed by atoms with Gasteiger partial charge in [0.05, 0.1) is 0 Å².